The van der Waals surface area contributed by atoms with Gasteiger partial charge in [0.15, 0.2) is 0 Å². The molecule has 2 aromatic carbocycles. The predicted octanol–water partition coefficient (Wildman–Crippen LogP) is 4.59. The first-order chi connectivity index (χ1) is 16.1. The smallest absolute Gasteiger partial charge is 0.268 e. The Hall–Kier alpha value is -2.20. The van der Waals surface area contributed by atoms with Crippen molar-refractivity contribution in [3.63, 3.8) is 0 Å². The van der Waals surface area contributed by atoms with Crippen molar-refractivity contribution in [3.8, 4) is 0 Å². The molecule has 0 saturated carbocycles. The second-order valence-corrected chi connectivity index (χ2v) is 14.6. The van der Waals surface area contributed by atoms with E-state index in [1.54, 1.807) is 30.3 Å². The highest BCUT2D eigenvalue weighted by Crippen LogP contribution is 2.36. The fourth-order valence-corrected chi connectivity index (χ4v) is 8.45. The molecule has 35 heavy (non-hydrogen) atoms. The number of piperidine rings is 1. The average Bonchev–Trinajstić information content (AvgIpc) is 3.13. The lowest BCUT2D eigenvalue weighted by Crippen LogP contribution is -2.62. The summed E-state index contributed by atoms with van der Waals surface area (Å²) in [6.45, 7) is 12.2. The molecule has 1 aliphatic rings. The lowest BCUT2D eigenvalue weighted by atomic mass is 9.80. The molecule has 1 saturated heterocycles. The maximum absolute atomic E-state index is 13.8. The maximum atomic E-state index is 13.8. The van der Waals surface area contributed by atoms with Crippen LogP contribution >= 0.6 is 0 Å². The molecule has 4 rings (SSSR count). The van der Waals surface area contributed by atoms with Crippen molar-refractivity contribution in [1.82, 2.24) is 14.0 Å². The van der Waals surface area contributed by atoms with Gasteiger partial charge in [0.2, 0.25) is 10.0 Å². The first kappa shape index (κ1) is 25.9. The van der Waals surface area contributed by atoms with Crippen LogP contribution in [0.4, 0.5) is 0 Å². The summed E-state index contributed by atoms with van der Waals surface area (Å²) in [6.07, 6.45) is 2.50. The van der Waals surface area contributed by atoms with E-state index in [-0.39, 0.29) is 32.8 Å². The molecule has 9 heteroatoms. The average molecular weight is 518 g/mol. The Kier molecular flexibility index (Phi) is 6.45. The minimum Gasteiger partial charge on any atom is -0.307 e. The number of aromatic nitrogens is 1. The summed E-state index contributed by atoms with van der Waals surface area (Å²) in [4.78, 5) is 0.0936. The SMILES string of the molecule is CC(C)c1cccc2c1c(S(=O)(=O)NC1CC(C)(C)NC(C)(C)C1)cn2S(=O)(=O)c1ccccc1. The number of hydrogen-bond acceptors (Lipinski definition) is 5. The summed E-state index contributed by atoms with van der Waals surface area (Å²) in [5.74, 6) is -0.000299. The molecular weight excluding hydrogens is 482 g/mol. The second kappa shape index (κ2) is 8.73. The molecule has 0 bridgehead atoms. The Morgan fingerprint density at radius 1 is 0.914 bits per heavy atom. The molecule has 0 amide bonds. The molecule has 2 heterocycles. The number of rotatable bonds is 6. The zero-order chi connectivity index (χ0) is 25.8. The molecule has 0 aliphatic carbocycles. The predicted molar refractivity (Wildman–Crippen MR) is 140 cm³/mol. The number of nitrogens with zero attached hydrogens (tertiary/aromatic N) is 1. The van der Waals surface area contributed by atoms with Crippen LogP contribution in [0.3, 0.4) is 0 Å². The second-order valence-electron chi connectivity index (χ2n) is 11.1. The van der Waals surface area contributed by atoms with Crippen LogP contribution < -0.4 is 10.0 Å². The van der Waals surface area contributed by atoms with Crippen molar-refractivity contribution >= 4 is 30.9 Å². The van der Waals surface area contributed by atoms with Crippen LogP contribution in [0.25, 0.3) is 10.9 Å². The third kappa shape index (κ3) is 5.05. The van der Waals surface area contributed by atoms with E-state index in [9.17, 15) is 16.8 Å². The summed E-state index contributed by atoms with van der Waals surface area (Å²) in [6, 6.07) is 13.1. The highest BCUT2D eigenvalue weighted by molar-refractivity contribution is 7.91. The van der Waals surface area contributed by atoms with E-state index in [0.717, 1.165) is 9.54 Å². The summed E-state index contributed by atoms with van der Waals surface area (Å²) in [5.41, 5.74) is 0.646. The van der Waals surface area contributed by atoms with Crippen LogP contribution in [0.5, 0.6) is 0 Å². The third-order valence-corrected chi connectivity index (χ3v) is 9.74. The lowest BCUT2D eigenvalue weighted by Gasteiger charge is -2.46. The highest BCUT2D eigenvalue weighted by Gasteiger charge is 2.40. The molecule has 2 N–H and O–H groups in total. The van der Waals surface area contributed by atoms with E-state index in [4.69, 9.17) is 0 Å². The fraction of sp³-hybridized carbons (Fsp3) is 0.462. The molecular formula is C26H35N3O4S2. The van der Waals surface area contributed by atoms with Gasteiger partial charge in [-0.1, -0.05) is 44.2 Å². The van der Waals surface area contributed by atoms with Crippen LogP contribution in [0, 0.1) is 0 Å². The van der Waals surface area contributed by atoms with Gasteiger partial charge in [-0.3, -0.25) is 0 Å². The zero-order valence-corrected chi connectivity index (χ0v) is 22.8. The van der Waals surface area contributed by atoms with E-state index >= 15 is 0 Å². The van der Waals surface area contributed by atoms with Crippen LogP contribution in [0.15, 0.2) is 64.5 Å². The molecule has 7 nitrogen and oxygen atoms in total. The van der Waals surface area contributed by atoms with Gasteiger partial charge in [0.1, 0.15) is 4.90 Å². The Labute approximate surface area is 209 Å². The summed E-state index contributed by atoms with van der Waals surface area (Å²) < 4.78 is 58.8. The molecule has 190 valence electrons. The van der Waals surface area contributed by atoms with Gasteiger partial charge in [-0.15, -0.1) is 0 Å². The van der Waals surface area contributed by atoms with Gasteiger partial charge in [0.25, 0.3) is 10.0 Å². The van der Waals surface area contributed by atoms with Crippen molar-refractivity contribution in [2.45, 2.75) is 87.2 Å². The minimum absolute atomic E-state index is 0.000299. The standard InChI is InChI=1S/C26H35N3O4S2/c1-18(2)21-13-10-14-22-24(21)23(17-29(22)35(32,33)20-11-8-7-9-12-20)34(30,31)27-19-15-25(3,4)28-26(5,6)16-19/h7-14,17-19,27-28H,15-16H2,1-6H3. The first-order valence-corrected chi connectivity index (χ1v) is 14.8. The zero-order valence-electron chi connectivity index (χ0n) is 21.2. The van der Waals surface area contributed by atoms with Gasteiger partial charge >= 0.3 is 0 Å². The van der Waals surface area contributed by atoms with Gasteiger partial charge in [0, 0.05) is 28.7 Å². The van der Waals surface area contributed by atoms with E-state index in [1.165, 1.54) is 18.3 Å². The molecule has 1 fully saturated rings. The molecule has 0 radical (unpaired) electrons. The largest absolute Gasteiger partial charge is 0.307 e. The summed E-state index contributed by atoms with van der Waals surface area (Å²) in [7, 11) is -8.03. The topological polar surface area (TPSA) is 97.3 Å². The maximum Gasteiger partial charge on any atom is 0.268 e. The number of hydrogen-bond donors (Lipinski definition) is 2. The molecule has 0 atom stereocenters. The van der Waals surface area contributed by atoms with Crippen molar-refractivity contribution in [2.24, 2.45) is 0 Å². The number of benzene rings is 2. The normalized spacial score (nSPS) is 18.8. The summed E-state index contributed by atoms with van der Waals surface area (Å²) in [5, 5.41) is 4.01. The highest BCUT2D eigenvalue weighted by atomic mass is 32.2. The Morgan fingerprint density at radius 3 is 2.09 bits per heavy atom. The molecule has 0 unspecified atom stereocenters. The molecule has 1 aliphatic heterocycles. The number of fused-ring (bicyclic) bond motifs is 1. The van der Waals surface area contributed by atoms with Crippen molar-refractivity contribution in [3.05, 3.63) is 60.3 Å². The van der Waals surface area contributed by atoms with Crippen molar-refractivity contribution < 1.29 is 16.8 Å². The van der Waals surface area contributed by atoms with Crippen LogP contribution in [0.1, 0.15) is 65.9 Å². The van der Waals surface area contributed by atoms with Crippen LogP contribution in [-0.4, -0.2) is 37.9 Å². The van der Waals surface area contributed by atoms with Gasteiger partial charge in [0.05, 0.1) is 10.4 Å². The van der Waals surface area contributed by atoms with Crippen molar-refractivity contribution in [1.29, 1.82) is 0 Å². The van der Waals surface area contributed by atoms with E-state index in [1.807, 2.05) is 19.9 Å². The van der Waals surface area contributed by atoms with E-state index < -0.39 is 20.0 Å². The Bertz CT molecular complexity index is 1440. The lowest BCUT2D eigenvalue weighted by molar-refractivity contribution is 0.157. The van der Waals surface area contributed by atoms with Gasteiger partial charge in [-0.05, 0) is 70.2 Å². The Morgan fingerprint density at radius 2 is 1.51 bits per heavy atom. The molecule has 1 aromatic heterocycles. The summed E-state index contributed by atoms with van der Waals surface area (Å²) >= 11 is 0. The number of nitrogens with one attached hydrogen (secondary N) is 2. The fourth-order valence-electron chi connectivity index (χ4n) is 5.53. The van der Waals surface area contributed by atoms with E-state index in [0.29, 0.717) is 23.7 Å². The molecule has 0 spiro atoms. The monoisotopic (exact) mass is 517 g/mol. The van der Waals surface area contributed by atoms with Gasteiger partial charge < -0.3 is 5.32 Å². The Balaban J connectivity index is 1.89. The van der Waals surface area contributed by atoms with Gasteiger partial charge in [-0.2, -0.15) is 0 Å². The van der Waals surface area contributed by atoms with Crippen LogP contribution in [-0.2, 0) is 20.0 Å². The quantitative estimate of drug-likeness (QED) is 0.499. The van der Waals surface area contributed by atoms with Crippen molar-refractivity contribution in [2.75, 3.05) is 0 Å². The van der Waals surface area contributed by atoms with E-state index in [2.05, 4.69) is 37.7 Å². The molecule has 3 aromatic rings. The van der Waals surface area contributed by atoms with Crippen LogP contribution in [0.2, 0.25) is 0 Å². The number of sulfonamides is 1. The third-order valence-electron chi connectivity index (χ3n) is 6.52. The minimum atomic E-state index is -4.03. The first-order valence-electron chi connectivity index (χ1n) is 11.9. The van der Waals surface area contributed by atoms with Gasteiger partial charge in [-0.25, -0.2) is 25.5 Å².